The molecular weight excluding hydrogens is 444 g/mol. The molecule has 2 N–H and O–H groups in total. The first-order valence-corrected chi connectivity index (χ1v) is 9.36. The van der Waals surface area contributed by atoms with Gasteiger partial charge in [-0.1, -0.05) is 19.1 Å². The number of halogens is 2. The van der Waals surface area contributed by atoms with Crippen molar-refractivity contribution >= 4 is 35.6 Å². The standard InChI is InChI=1S/C19H30FN5.HI/c1-15-14-17(15)23-19(21-2)22-8-5-9-24-10-12-25(13-11-24)18-7-4-3-6-16(18)20;/h3-4,6-7,15,17H,5,8-14H2,1-2H3,(H2,21,22,23);1H. The highest BCUT2D eigenvalue weighted by atomic mass is 127. The van der Waals surface area contributed by atoms with Crippen molar-refractivity contribution in [2.75, 3.05) is 51.2 Å². The van der Waals surface area contributed by atoms with Crippen molar-refractivity contribution in [2.45, 2.75) is 25.8 Å². The molecule has 0 amide bonds. The summed E-state index contributed by atoms with van der Waals surface area (Å²) in [5.41, 5.74) is 0.730. The second-order valence-electron chi connectivity index (χ2n) is 7.10. The predicted molar refractivity (Wildman–Crippen MR) is 117 cm³/mol. The van der Waals surface area contributed by atoms with Crippen molar-refractivity contribution in [3.63, 3.8) is 0 Å². The third-order valence-corrected chi connectivity index (χ3v) is 5.16. The molecule has 146 valence electrons. The Kier molecular flexibility index (Phi) is 8.40. The van der Waals surface area contributed by atoms with Crippen LogP contribution in [0.1, 0.15) is 19.8 Å². The summed E-state index contributed by atoms with van der Waals surface area (Å²) >= 11 is 0. The van der Waals surface area contributed by atoms with Crippen molar-refractivity contribution in [1.29, 1.82) is 0 Å². The Balaban J connectivity index is 0.00000243. The molecule has 0 spiro atoms. The number of anilines is 1. The Morgan fingerprint density at radius 1 is 1.23 bits per heavy atom. The van der Waals surface area contributed by atoms with Gasteiger partial charge in [0.05, 0.1) is 5.69 Å². The molecule has 7 heteroatoms. The molecule has 2 unspecified atom stereocenters. The van der Waals surface area contributed by atoms with E-state index in [-0.39, 0.29) is 29.8 Å². The van der Waals surface area contributed by atoms with Crippen LogP contribution < -0.4 is 15.5 Å². The highest BCUT2D eigenvalue weighted by Crippen LogP contribution is 2.28. The minimum atomic E-state index is -0.121. The molecule has 26 heavy (non-hydrogen) atoms. The van der Waals surface area contributed by atoms with Crippen LogP contribution in [-0.2, 0) is 0 Å². The number of aliphatic imine (C=N–C) groups is 1. The molecule has 1 aliphatic heterocycles. The van der Waals surface area contributed by atoms with Crippen molar-refractivity contribution in [2.24, 2.45) is 10.9 Å². The molecule has 1 aromatic rings. The Labute approximate surface area is 173 Å². The molecule has 2 aliphatic rings. The summed E-state index contributed by atoms with van der Waals surface area (Å²) in [5, 5.41) is 6.84. The van der Waals surface area contributed by atoms with Gasteiger partial charge in [0, 0.05) is 45.8 Å². The number of nitrogens with zero attached hydrogens (tertiary/aromatic N) is 3. The van der Waals surface area contributed by atoms with Gasteiger partial charge in [-0.2, -0.15) is 0 Å². The van der Waals surface area contributed by atoms with Gasteiger partial charge in [0.1, 0.15) is 5.82 Å². The molecule has 1 saturated heterocycles. The molecular formula is C19H31FIN5. The first kappa shape index (κ1) is 21.2. The first-order valence-electron chi connectivity index (χ1n) is 9.36. The minimum absolute atomic E-state index is 0. The Morgan fingerprint density at radius 3 is 2.54 bits per heavy atom. The van der Waals surface area contributed by atoms with E-state index in [9.17, 15) is 4.39 Å². The van der Waals surface area contributed by atoms with E-state index in [0.29, 0.717) is 6.04 Å². The van der Waals surface area contributed by atoms with Gasteiger partial charge in [0.25, 0.3) is 0 Å². The number of nitrogens with one attached hydrogen (secondary N) is 2. The Bertz CT molecular complexity index is 589. The monoisotopic (exact) mass is 475 g/mol. The van der Waals surface area contributed by atoms with E-state index in [1.807, 2.05) is 19.2 Å². The number of guanidine groups is 1. The van der Waals surface area contributed by atoms with E-state index in [1.165, 1.54) is 12.5 Å². The summed E-state index contributed by atoms with van der Waals surface area (Å²) in [7, 11) is 1.82. The summed E-state index contributed by atoms with van der Waals surface area (Å²) < 4.78 is 13.9. The fourth-order valence-electron chi connectivity index (χ4n) is 3.32. The molecule has 3 rings (SSSR count). The van der Waals surface area contributed by atoms with Crippen molar-refractivity contribution in [1.82, 2.24) is 15.5 Å². The minimum Gasteiger partial charge on any atom is -0.367 e. The van der Waals surface area contributed by atoms with E-state index in [1.54, 1.807) is 6.07 Å². The molecule has 2 fully saturated rings. The summed E-state index contributed by atoms with van der Waals surface area (Å²) in [6, 6.07) is 7.65. The lowest BCUT2D eigenvalue weighted by molar-refractivity contribution is 0.254. The van der Waals surface area contributed by atoms with Crippen LogP contribution in [0.2, 0.25) is 0 Å². The predicted octanol–water partition coefficient (Wildman–Crippen LogP) is 2.53. The van der Waals surface area contributed by atoms with Crippen LogP contribution in [0, 0.1) is 11.7 Å². The molecule has 1 aromatic carbocycles. The van der Waals surface area contributed by atoms with Crippen LogP contribution in [0.3, 0.4) is 0 Å². The zero-order valence-corrected chi connectivity index (χ0v) is 18.1. The highest BCUT2D eigenvalue weighted by molar-refractivity contribution is 14.0. The smallest absolute Gasteiger partial charge is 0.191 e. The van der Waals surface area contributed by atoms with Crippen molar-refractivity contribution < 1.29 is 4.39 Å². The molecule has 2 atom stereocenters. The number of hydrogen-bond acceptors (Lipinski definition) is 3. The quantitative estimate of drug-likeness (QED) is 0.287. The third-order valence-electron chi connectivity index (χ3n) is 5.16. The van der Waals surface area contributed by atoms with E-state index < -0.39 is 0 Å². The van der Waals surface area contributed by atoms with E-state index >= 15 is 0 Å². The van der Waals surface area contributed by atoms with Crippen LogP contribution in [0.25, 0.3) is 0 Å². The van der Waals surface area contributed by atoms with Gasteiger partial charge >= 0.3 is 0 Å². The van der Waals surface area contributed by atoms with Gasteiger partial charge in [-0.05, 0) is 37.4 Å². The average Bonchev–Trinajstić information content (AvgIpc) is 3.33. The van der Waals surface area contributed by atoms with E-state index in [4.69, 9.17) is 0 Å². The lowest BCUT2D eigenvalue weighted by Gasteiger charge is -2.36. The largest absolute Gasteiger partial charge is 0.367 e. The number of hydrogen-bond donors (Lipinski definition) is 2. The summed E-state index contributed by atoms with van der Waals surface area (Å²) in [6.45, 7) is 7.99. The zero-order valence-electron chi connectivity index (χ0n) is 15.7. The fourth-order valence-corrected chi connectivity index (χ4v) is 3.32. The van der Waals surface area contributed by atoms with Gasteiger partial charge in [-0.25, -0.2) is 4.39 Å². The fraction of sp³-hybridized carbons (Fsp3) is 0.632. The van der Waals surface area contributed by atoms with Crippen LogP contribution in [0.15, 0.2) is 29.3 Å². The zero-order chi connectivity index (χ0) is 17.6. The summed E-state index contributed by atoms with van der Waals surface area (Å²) in [4.78, 5) is 8.88. The lowest BCUT2D eigenvalue weighted by atomic mass is 10.2. The van der Waals surface area contributed by atoms with Gasteiger partial charge in [-0.15, -0.1) is 24.0 Å². The Morgan fingerprint density at radius 2 is 1.92 bits per heavy atom. The first-order chi connectivity index (χ1) is 12.2. The summed E-state index contributed by atoms with van der Waals surface area (Å²) in [5.74, 6) is 1.56. The second-order valence-corrected chi connectivity index (χ2v) is 7.10. The topological polar surface area (TPSA) is 42.9 Å². The van der Waals surface area contributed by atoms with Crippen LogP contribution in [-0.4, -0.2) is 63.2 Å². The molecule has 0 aromatic heterocycles. The molecule has 5 nitrogen and oxygen atoms in total. The van der Waals surface area contributed by atoms with Gasteiger partial charge in [-0.3, -0.25) is 9.89 Å². The maximum Gasteiger partial charge on any atom is 0.191 e. The molecule has 0 radical (unpaired) electrons. The van der Waals surface area contributed by atoms with Gasteiger partial charge in [0.15, 0.2) is 5.96 Å². The summed E-state index contributed by atoms with van der Waals surface area (Å²) in [6.07, 6.45) is 2.33. The van der Waals surface area contributed by atoms with Crippen LogP contribution in [0.5, 0.6) is 0 Å². The molecule has 1 saturated carbocycles. The highest BCUT2D eigenvalue weighted by Gasteiger charge is 2.33. The third kappa shape index (κ3) is 5.97. The van der Waals surface area contributed by atoms with E-state index in [0.717, 1.165) is 63.3 Å². The van der Waals surface area contributed by atoms with Gasteiger partial charge in [0.2, 0.25) is 0 Å². The SMILES string of the molecule is CN=C(NCCCN1CCN(c2ccccc2F)CC1)NC1CC1C.I. The molecule has 0 bridgehead atoms. The van der Waals surface area contributed by atoms with Crippen LogP contribution >= 0.6 is 24.0 Å². The normalized spacial score (nSPS) is 23.3. The number of benzene rings is 1. The van der Waals surface area contributed by atoms with E-state index in [2.05, 4.69) is 32.3 Å². The Hall–Kier alpha value is -1.09. The number of para-hydroxylation sites is 1. The maximum atomic E-state index is 13.9. The van der Waals surface area contributed by atoms with Gasteiger partial charge < -0.3 is 15.5 Å². The molecule has 1 heterocycles. The maximum absolute atomic E-state index is 13.9. The lowest BCUT2D eigenvalue weighted by Crippen LogP contribution is -2.47. The average molecular weight is 475 g/mol. The molecule has 1 aliphatic carbocycles. The van der Waals surface area contributed by atoms with Crippen molar-refractivity contribution in [3.8, 4) is 0 Å². The number of piperazine rings is 1. The van der Waals surface area contributed by atoms with Crippen molar-refractivity contribution in [3.05, 3.63) is 30.1 Å². The number of rotatable bonds is 6. The second kappa shape index (κ2) is 10.3. The van der Waals surface area contributed by atoms with Crippen LogP contribution in [0.4, 0.5) is 10.1 Å².